The molecule has 0 saturated carbocycles. The monoisotopic (exact) mass is 373 g/mol. The van der Waals surface area contributed by atoms with Crippen molar-refractivity contribution in [1.82, 2.24) is 4.98 Å². The summed E-state index contributed by atoms with van der Waals surface area (Å²) in [6.07, 6.45) is 0. The summed E-state index contributed by atoms with van der Waals surface area (Å²) < 4.78 is 6.92. The molecular weight excluding hydrogens is 357 g/mol. The van der Waals surface area contributed by atoms with Gasteiger partial charge in [0.25, 0.3) is 0 Å². The quantitative estimate of drug-likeness (QED) is 0.733. The Morgan fingerprint density at radius 2 is 2.00 bits per heavy atom. The van der Waals surface area contributed by atoms with Gasteiger partial charge in [-0.15, -0.1) is 11.3 Å². The van der Waals surface area contributed by atoms with E-state index in [9.17, 15) is 0 Å². The number of thiazole rings is 1. The van der Waals surface area contributed by atoms with Gasteiger partial charge in [-0.2, -0.15) is 0 Å². The van der Waals surface area contributed by atoms with Crippen molar-refractivity contribution in [3.63, 3.8) is 0 Å². The van der Waals surface area contributed by atoms with Crippen LogP contribution in [0.15, 0.2) is 29.6 Å². The maximum Gasteiger partial charge on any atom is 0.140 e. The minimum atomic E-state index is 0.107. The van der Waals surface area contributed by atoms with Crippen LogP contribution in [-0.2, 0) is 12.0 Å². The van der Waals surface area contributed by atoms with E-state index in [1.54, 1.807) is 11.3 Å². The number of aromatic nitrogens is 1. The maximum absolute atomic E-state index is 5.79. The van der Waals surface area contributed by atoms with Gasteiger partial charge in [-0.3, -0.25) is 0 Å². The molecule has 1 aromatic heterocycles. The van der Waals surface area contributed by atoms with Gasteiger partial charge in [0.05, 0.1) is 9.26 Å². The summed E-state index contributed by atoms with van der Waals surface area (Å²) in [7, 11) is 0. The van der Waals surface area contributed by atoms with Crippen LogP contribution in [0, 0.1) is 3.57 Å². The zero-order valence-electron chi connectivity index (χ0n) is 10.7. The van der Waals surface area contributed by atoms with Gasteiger partial charge >= 0.3 is 0 Å². The molecule has 0 bridgehead atoms. The zero-order chi connectivity index (χ0) is 13.2. The summed E-state index contributed by atoms with van der Waals surface area (Å²) in [5.41, 5.74) is 1.24. The number of hydrogen-bond acceptors (Lipinski definition) is 3. The lowest BCUT2D eigenvalue weighted by atomic mass is 9.93. The molecule has 4 heteroatoms. The third-order valence-corrected chi connectivity index (χ3v) is 4.22. The fourth-order valence-electron chi connectivity index (χ4n) is 1.42. The molecule has 0 aliphatic carbocycles. The number of nitrogens with zero attached hydrogens (tertiary/aromatic N) is 1. The third-order valence-electron chi connectivity index (χ3n) is 2.51. The highest BCUT2D eigenvalue weighted by molar-refractivity contribution is 14.1. The number of rotatable bonds is 3. The van der Waals surface area contributed by atoms with E-state index in [2.05, 4.69) is 53.7 Å². The lowest BCUT2D eigenvalue weighted by molar-refractivity contribution is 0.302. The lowest BCUT2D eigenvalue weighted by Gasteiger charge is -2.14. The summed E-state index contributed by atoms with van der Waals surface area (Å²) in [4.78, 5) is 4.62. The van der Waals surface area contributed by atoms with Crippen molar-refractivity contribution < 1.29 is 4.74 Å². The van der Waals surface area contributed by atoms with Gasteiger partial charge in [0.1, 0.15) is 17.4 Å². The predicted octanol–water partition coefficient (Wildman–Crippen LogP) is 4.62. The van der Waals surface area contributed by atoms with E-state index in [1.165, 1.54) is 0 Å². The molecule has 0 unspecified atom stereocenters. The van der Waals surface area contributed by atoms with Gasteiger partial charge in [0.2, 0.25) is 0 Å². The van der Waals surface area contributed by atoms with Crippen molar-refractivity contribution in [1.29, 1.82) is 0 Å². The summed E-state index contributed by atoms with van der Waals surface area (Å²) in [5, 5.41) is 3.15. The molecule has 2 rings (SSSR count). The molecule has 1 heterocycles. The van der Waals surface area contributed by atoms with Crippen LogP contribution in [0.25, 0.3) is 0 Å². The Morgan fingerprint density at radius 1 is 1.28 bits per heavy atom. The molecule has 96 valence electrons. The highest BCUT2D eigenvalue weighted by Gasteiger charge is 2.17. The molecule has 1 aromatic carbocycles. The molecule has 0 saturated heterocycles. The van der Waals surface area contributed by atoms with Crippen LogP contribution in [0.5, 0.6) is 5.75 Å². The van der Waals surface area contributed by atoms with Crippen LogP contribution in [0.4, 0.5) is 0 Å². The van der Waals surface area contributed by atoms with Crippen LogP contribution >= 0.6 is 33.9 Å². The number of ether oxygens (including phenoxy) is 1. The first kappa shape index (κ1) is 13.8. The fraction of sp³-hybridized carbons (Fsp3) is 0.357. The molecular formula is C14H16INOS. The minimum absolute atomic E-state index is 0.107. The van der Waals surface area contributed by atoms with Crippen molar-refractivity contribution in [2.75, 3.05) is 0 Å². The molecule has 0 spiro atoms. The van der Waals surface area contributed by atoms with Crippen molar-refractivity contribution in [3.05, 3.63) is 43.9 Å². The van der Waals surface area contributed by atoms with Gasteiger partial charge in [0, 0.05) is 10.8 Å². The summed E-state index contributed by atoms with van der Waals surface area (Å²) in [5.74, 6) is 0.922. The van der Waals surface area contributed by atoms with Gasteiger partial charge in [-0.05, 0) is 34.7 Å². The summed E-state index contributed by atoms with van der Waals surface area (Å²) in [6, 6.07) is 8.02. The van der Waals surface area contributed by atoms with Gasteiger partial charge in [0.15, 0.2) is 0 Å². The normalized spacial score (nSPS) is 11.6. The molecule has 0 aliphatic heterocycles. The molecule has 2 nitrogen and oxygen atoms in total. The maximum atomic E-state index is 5.79. The average molecular weight is 373 g/mol. The second-order valence-corrected chi connectivity index (χ2v) is 7.20. The molecule has 18 heavy (non-hydrogen) atoms. The van der Waals surface area contributed by atoms with Crippen molar-refractivity contribution in [2.24, 2.45) is 0 Å². The van der Waals surface area contributed by atoms with E-state index >= 15 is 0 Å². The number of benzene rings is 1. The number of hydrogen-bond donors (Lipinski definition) is 0. The Kier molecular flexibility index (Phi) is 4.27. The largest absolute Gasteiger partial charge is 0.485 e. The Morgan fingerprint density at radius 3 is 2.61 bits per heavy atom. The molecule has 0 radical (unpaired) electrons. The van der Waals surface area contributed by atoms with Gasteiger partial charge in [-0.25, -0.2) is 4.98 Å². The first-order valence-corrected chi connectivity index (χ1v) is 7.75. The average Bonchev–Trinajstić information content (AvgIpc) is 2.76. The second kappa shape index (κ2) is 5.57. The van der Waals surface area contributed by atoms with E-state index in [0.717, 1.165) is 20.0 Å². The second-order valence-electron chi connectivity index (χ2n) is 5.10. The van der Waals surface area contributed by atoms with Crippen LogP contribution in [-0.4, -0.2) is 4.98 Å². The van der Waals surface area contributed by atoms with E-state index in [4.69, 9.17) is 4.74 Å². The predicted molar refractivity (Wildman–Crippen MR) is 84.3 cm³/mol. The zero-order valence-corrected chi connectivity index (χ0v) is 13.7. The Balaban J connectivity index is 2.03. The van der Waals surface area contributed by atoms with Crippen molar-refractivity contribution in [3.8, 4) is 5.75 Å². The number of para-hydroxylation sites is 1. The molecule has 0 fully saturated rings. The summed E-state index contributed by atoms with van der Waals surface area (Å²) >= 11 is 3.94. The molecule has 2 aromatic rings. The molecule has 0 atom stereocenters. The Labute approximate surface area is 126 Å². The standard InChI is InChI=1S/C14H16INOS/c1-14(2,3)12-9-18-13(16-12)8-17-11-7-5-4-6-10(11)15/h4-7,9H,8H2,1-3H3. The molecule has 0 N–H and O–H groups in total. The SMILES string of the molecule is CC(C)(C)c1csc(COc2ccccc2I)n1. The van der Waals surface area contributed by atoms with Crippen LogP contribution in [0.3, 0.4) is 0 Å². The first-order valence-electron chi connectivity index (χ1n) is 5.79. The fourth-order valence-corrected chi connectivity index (χ4v) is 2.90. The van der Waals surface area contributed by atoms with Crippen molar-refractivity contribution in [2.45, 2.75) is 32.8 Å². The topological polar surface area (TPSA) is 22.1 Å². The van der Waals surface area contributed by atoms with Gasteiger partial charge in [-0.1, -0.05) is 32.9 Å². The minimum Gasteiger partial charge on any atom is -0.485 e. The lowest BCUT2D eigenvalue weighted by Crippen LogP contribution is -2.11. The third kappa shape index (κ3) is 3.45. The van der Waals surface area contributed by atoms with E-state index in [1.807, 2.05) is 24.3 Å². The molecule has 0 aliphatic rings. The highest BCUT2D eigenvalue weighted by atomic mass is 127. The number of halogens is 1. The Hall–Kier alpha value is -0.620. The first-order chi connectivity index (χ1) is 8.47. The Bertz CT molecular complexity index is 531. The smallest absolute Gasteiger partial charge is 0.140 e. The van der Waals surface area contributed by atoms with Crippen molar-refractivity contribution >= 4 is 33.9 Å². The van der Waals surface area contributed by atoms with E-state index in [0.29, 0.717) is 6.61 Å². The van der Waals surface area contributed by atoms with Gasteiger partial charge < -0.3 is 4.74 Å². The molecule has 0 amide bonds. The highest BCUT2D eigenvalue weighted by Crippen LogP contribution is 2.25. The van der Waals surface area contributed by atoms with Crippen LogP contribution in [0.1, 0.15) is 31.5 Å². The van der Waals surface area contributed by atoms with E-state index in [-0.39, 0.29) is 5.41 Å². The van der Waals surface area contributed by atoms with Crippen LogP contribution < -0.4 is 4.74 Å². The van der Waals surface area contributed by atoms with Crippen LogP contribution in [0.2, 0.25) is 0 Å². The summed E-state index contributed by atoms with van der Waals surface area (Å²) in [6.45, 7) is 7.06. The van der Waals surface area contributed by atoms with E-state index < -0.39 is 0 Å².